The number of anilines is 2. The van der Waals surface area contributed by atoms with Gasteiger partial charge in [0.05, 0.1) is 46.1 Å². The second-order valence-corrected chi connectivity index (χ2v) is 13.8. The number of fused-ring (bicyclic) bond motifs is 4. The van der Waals surface area contributed by atoms with E-state index in [-0.39, 0.29) is 41.5 Å². The summed E-state index contributed by atoms with van der Waals surface area (Å²) in [5, 5.41) is 10.6. The molecule has 2 saturated heterocycles. The second-order valence-electron chi connectivity index (χ2n) is 12.0. The third kappa shape index (κ3) is 3.99. The first-order valence-electron chi connectivity index (χ1n) is 14.4. The van der Waals surface area contributed by atoms with E-state index in [1.54, 1.807) is 60.7 Å². The topological polar surface area (TPSA) is 104 Å². The van der Waals surface area contributed by atoms with Crippen molar-refractivity contribution >= 4 is 66.9 Å². The summed E-state index contributed by atoms with van der Waals surface area (Å²) in [5.41, 5.74) is 1.33. The Morgan fingerprint density at radius 3 is 2.23 bits per heavy atom. The summed E-state index contributed by atoms with van der Waals surface area (Å²) in [6.07, 6.45) is 2.61. The molecule has 3 aromatic carbocycles. The lowest BCUT2D eigenvalue weighted by Crippen LogP contribution is -2.48. The smallest absolute Gasteiger partial charge is 0.241 e. The van der Waals surface area contributed by atoms with Crippen LogP contribution in [0.25, 0.3) is 0 Å². The number of imide groups is 2. The van der Waals surface area contributed by atoms with Crippen molar-refractivity contribution in [3.8, 4) is 11.5 Å². The van der Waals surface area contributed by atoms with E-state index in [9.17, 15) is 24.3 Å². The van der Waals surface area contributed by atoms with E-state index in [0.717, 1.165) is 10.0 Å². The van der Waals surface area contributed by atoms with Gasteiger partial charge in [-0.25, -0.2) is 4.90 Å². The number of halogens is 2. The van der Waals surface area contributed by atoms with Crippen LogP contribution in [0.4, 0.5) is 11.4 Å². The lowest BCUT2D eigenvalue weighted by Gasteiger charge is -2.49. The van der Waals surface area contributed by atoms with Crippen molar-refractivity contribution < 1.29 is 29.0 Å². The average molecular weight is 720 g/mol. The first-order chi connectivity index (χ1) is 21.1. The van der Waals surface area contributed by atoms with Crippen molar-refractivity contribution in [2.24, 2.45) is 29.1 Å². The van der Waals surface area contributed by atoms with Gasteiger partial charge >= 0.3 is 0 Å². The molecule has 10 heteroatoms. The molecule has 1 saturated carbocycles. The molecule has 8 nitrogen and oxygen atoms in total. The van der Waals surface area contributed by atoms with E-state index in [0.29, 0.717) is 27.8 Å². The average Bonchev–Trinajstić information content (AvgIpc) is 3.39. The largest absolute Gasteiger partial charge is 0.503 e. The highest BCUT2D eigenvalue weighted by Gasteiger charge is 2.67. The summed E-state index contributed by atoms with van der Waals surface area (Å²) in [7, 11) is 1.45. The highest BCUT2D eigenvalue weighted by molar-refractivity contribution is 9.10. The molecule has 2 aliphatic carbocycles. The molecule has 4 aliphatic rings. The Hall–Kier alpha value is -3.76. The number of carbonyl (C=O) groups excluding carboxylic acids is 4. The van der Waals surface area contributed by atoms with Gasteiger partial charge in [-0.3, -0.25) is 24.1 Å². The highest BCUT2D eigenvalue weighted by Crippen LogP contribution is 2.64. The fourth-order valence-corrected chi connectivity index (χ4v) is 8.70. The standard InChI is InChI=1S/C34H28Br2N2O6/c1-34-24(31(41)38(33(34)43)19-6-4-3-5-7-19)16-23-21(28(34)17-14-25(36)29(39)26(15-17)44-2)12-13-22-27(23)32(42)37(30(22)40)20-10-8-18(35)9-11-20/h3-12,14-15,22-24,27-28,39H,13,16H2,1-2H3. The minimum atomic E-state index is -1.19. The molecule has 0 bridgehead atoms. The van der Waals surface area contributed by atoms with Crippen LogP contribution in [0.5, 0.6) is 11.5 Å². The quantitative estimate of drug-likeness (QED) is 0.249. The number of hydrogen-bond donors (Lipinski definition) is 1. The third-order valence-corrected chi connectivity index (χ3v) is 11.1. The maximum Gasteiger partial charge on any atom is 0.241 e. The van der Waals surface area contributed by atoms with Gasteiger partial charge in [-0.2, -0.15) is 0 Å². The Balaban J connectivity index is 1.39. The Kier molecular flexibility index (Phi) is 6.86. The van der Waals surface area contributed by atoms with Crippen molar-refractivity contribution in [3.63, 3.8) is 0 Å². The van der Waals surface area contributed by atoms with Gasteiger partial charge in [-0.1, -0.05) is 45.8 Å². The summed E-state index contributed by atoms with van der Waals surface area (Å²) in [6.45, 7) is 1.83. The maximum absolute atomic E-state index is 14.5. The molecule has 0 spiro atoms. The van der Waals surface area contributed by atoms with Gasteiger partial charge in [0, 0.05) is 10.4 Å². The molecule has 44 heavy (non-hydrogen) atoms. The molecule has 1 N–H and O–H groups in total. The van der Waals surface area contributed by atoms with Gasteiger partial charge in [-0.05, 0) is 95.7 Å². The number of nitrogens with zero attached hydrogens (tertiary/aromatic N) is 2. The fraction of sp³-hybridized carbons (Fsp3) is 0.294. The minimum Gasteiger partial charge on any atom is -0.503 e. The zero-order valence-corrected chi connectivity index (χ0v) is 27.0. The van der Waals surface area contributed by atoms with Crippen LogP contribution >= 0.6 is 31.9 Å². The van der Waals surface area contributed by atoms with Gasteiger partial charge < -0.3 is 9.84 Å². The number of phenols is 1. The van der Waals surface area contributed by atoms with Crippen molar-refractivity contribution in [1.29, 1.82) is 0 Å². The number of rotatable bonds is 4. The molecule has 2 aliphatic heterocycles. The Labute approximate surface area is 270 Å². The Bertz CT molecular complexity index is 1770. The molecule has 224 valence electrons. The normalized spacial score (nSPS) is 29.4. The number of carbonyl (C=O) groups is 4. The van der Waals surface area contributed by atoms with Crippen LogP contribution in [-0.4, -0.2) is 35.8 Å². The molecular formula is C34H28Br2N2O6. The number of methoxy groups -OCH3 is 1. The first kappa shape index (κ1) is 29.0. The SMILES string of the molecule is COc1cc(C2C3=CCC4C(=O)N(c5ccc(Br)cc5)C(=O)C4C3CC3C(=O)N(c4ccccc4)C(=O)C32C)cc(Br)c1O. The van der Waals surface area contributed by atoms with E-state index in [4.69, 9.17) is 4.74 Å². The van der Waals surface area contributed by atoms with E-state index < -0.39 is 35.0 Å². The summed E-state index contributed by atoms with van der Waals surface area (Å²) in [4.78, 5) is 59.2. The third-order valence-electron chi connectivity index (χ3n) is 9.98. The van der Waals surface area contributed by atoms with Crippen molar-refractivity contribution in [3.05, 3.63) is 92.9 Å². The molecule has 4 amide bonds. The number of hydrogen-bond acceptors (Lipinski definition) is 6. The molecule has 0 radical (unpaired) electrons. The molecule has 3 aromatic rings. The van der Waals surface area contributed by atoms with Gasteiger partial charge in [0.2, 0.25) is 23.6 Å². The molecule has 7 rings (SSSR count). The van der Waals surface area contributed by atoms with E-state index >= 15 is 0 Å². The Morgan fingerprint density at radius 2 is 1.55 bits per heavy atom. The van der Waals surface area contributed by atoms with Crippen LogP contribution in [0.1, 0.15) is 31.2 Å². The number of ether oxygens (including phenoxy) is 1. The molecule has 2 heterocycles. The minimum absolute atomic E-state index is 0.0792. The summed E-state index contributed by atoms with van der Waals surface area (Å²) in [6, 6.07) is 19.4. The van der Waals surface area contributed by atoms with Crippen LogP contribution in [0, 0.1) is 29.1 Å². The van der Waals surface area contributed by atoms with Crippen molar-refractivity contribution in [2.75, 3.05) is 16.9 Å². The predicted molar refractivity (Wildman–Crippen MR) is 170 cm³/mol. The van der Waals surface area contributed by atoms with Gasteiger partial charge in [0.1, 0.15) is 0 Å². The Morgan fingerprint density at radius 1 is 0.864 bits per heavy atom. The van der Waals surface area contributed by atoms with Crippen LogP contribution in [0.2, 0.25) is 0 Å². The van der Waals surface area contributed by atoms with E-state index in [1.807, 2.05) is 19.1 Å². The number of amides is 4. The van der Waals surface area contributed by atoms with Gasteiger partial charge in [-0.15, -0.1) is 0 Å². The van der Waals surface area contributed by atoms with E-state index in [2.05, 4.69) is 31.9 Å². The number of para-hydroxylation sites is 1. The fourth-order valence-electron chi connectivity index (χ4n) is 7.98. The number of allylic oxidation sites excluding steroid dienone is 2. The van der Waals surface area contributed by atoms with Crippen LogP contribution < -0.4 is 14.5 Å². The van der Waals surface area contributed by atoms with Crippen LogP contribution in [0.3, 0.4) is 0 Å². The lowest BCUT2D eigenvalue weighted by atomic mass is 9.51. The van der Waals surface area contributed by atoms with Crippen LogP contribution in [0.15, 0.2) is 87.3 Å². The summed E-state index contributed by atoms with van der Waals surface area (Å²) >= 11 is 6.85. The van der Waals surface area contributed by atoms with Crippen molar-refractivity contribution in [1.82, 2.24) is 0 Å². The van der Waals surface area contributed by atoms with Crippen LogP contribution in [-0.2, 0) is 19.2 Å². The molecule has 3 fully saturated rings. The zero-order chi connectivity index (χ0) is 31.1. The molecule has 0 aromatic heterocycles. The lowest BCUT2D eigenvalue weighted by molar-refractivity contribution is -0.131. The summed E-state index contributed by atoms with van der Waals surface area (Å²) in [5.74, 6) is -4.09. The van der Waals surface area contributed by atoms with Crippen molar-refractivity contribution in [2.45, 2.75) is 25.7 Å². The zero-order valence-electron chi connectivity index (χ0n) is 23.9. The highest BCUT2D eigenvalue weighted by atomic mass is 79.9. The molecular weight excluding hydrogens is 692 g/mol. The monoisotopic (exact) mass is 718 g/mol. The number of benzene rings is 3. The number of aromatic hydroxyl groups is 1. The molecule has 6 atom stereocenters. The van der Waals surface area contributed by atoms with Gasteiger partial charge in [0.15, 0.2) is 11.5 Å². The second kappa shape index (κ2) is 10.4. The van der Waals surface area contributed by atoms with Gasteiger partial charge in [0.25, 0.3) is 0 Å². The maximum atomic E-state index is 14.5. The molecule has 6 unspecified atom stereocenters. The van der Waals surface area contributed by atoms with E-state index in [1.165, 1.54) is 16.9 Å². The first-order valence-corrected chi connectivity index (χ1v) is 16.0. The number of phenolic OH excluding ortho intramolecular Hbond substituents is 1. The predicted octanol–water partition coefficient (Wildman–Crippen LogP) is 6.36. The summed E-state index contributed by atoms with van der Waals surface area (Å²) < 4.78 is 6.69.